The minimum absolute atomic E-state index is 0.0430. The van der Waals surface area contributed by atoms with Crippen molar-refractivity contribution in [2.24, 2.45) is 0 Å². The molecule has 0 N–H and O–H groups in total. The summed E-state index contributed by atoms with van der Waals surface area (Å²) in [6, 6.07) is 3.43. The number of aromatic nitrogens is 2. The molecule has 0 saturated carbocycles. The zero-order chi connectivity index (χ0) is 15.0. The Morgan fingerprint density at radius 1 is 1.38 bits per heavy atom. The van der Waals surface area contributed by atoms with Crippen molar-refractivity contribution in [2.75, 3.05) is 19.1 Å². The summed E-state index contributed by atoms with van der Waals surface area (Å²) >= 11 is 5.93. The van der Waals surface area contributed by atoms with Gasteiger partial charge in [0, 0.05) is 37.1 Å². The molecule has 5 heteroatoms. The SMILES string of the molecule is Cc1cc2c(cc1F)nc(CCCl)n2C1(C)CCOCC1. The van der Waals surface area contributed by atoms with E-state index < -0.39 is 0 Å². The van der Waals surface area contributed by atoms with Crippen molar-refractivity contribution in [3.63, 3.8) is 0 Å². The van der Waals surface area contributed by atoms with E-state index in [2.05, 4.69) is 16.5 Å². The summed E-state index contributed by atoms with van der Waals surface area (Å²) in [6.45, 7) is 5.51. The largest absolute Gasteiger partial charge is 0.381 e. The fourth-order valence-corrected chi connectivity index (χ4v) is 3.31. The molecule has 0 amide bonds. The maximum Gasteiger partial charge on any atom is 0.128 e. The topological polar surface area (TPSA) is 27.1 Å². The molecule has 2 aromatic rings. The number of imidazole rings is 1. The third-order valence-corrected chi connectivity index (χ3v) is 4.62. The molecular formula is C16H20ClFN2O. The van der Waals surface area contributed by atoms with Gasteiger partial charge in [-0.05, 0) is 38.3 Å². The lowest BCUT2D eigenvalue weighted by molar-refractivity contribution is 0.0301. The first-order chi connectivity index (χ1) is 10.0. The highest BCUT2D eigenvalue weighted by atomic mass is 35.5. The number of aryl methyl sites for hydroxylation is 2. The van der Waals surface area contributed by atoms with Gasteiger partial charge in [0.1, 0.15) is 11.6 Å². The molecule has 0 radical (unpaired) electrons. The fourth-order valence-electron chi connectivity index (χ4n) is 3.14. The van der Waals surface area contributed by atoms with Crippen LogP contribution in [0.5, 0.6) is 0 Å². The molecule has 1 aliphatic heterocycles. The number of benzene rings is 1. The minimum atomic E-state index is -0.207. The predicted molar refractivity (Wildman–Crippen MR) is 82.6 cm³/mol. The van der Waals surface area contributed by atoms with Crippen LogP contribution in [0.4, 0.5) is 4.39 Å². The van der Waals surface area contributed by atoms with E-state index in [1.807, 2.05) is 6.07 Å². The summed E-state index contributed by atoms with van der Waals surface area (Å²) in [4.78, 5) is 4.62. The quantitative estimate of drug-likeness (QED) is 0.807. The maximum absolute atomic E-state index is 13.8. The summed E-state index contributed by atoms with van der Waals surface area (Å²) in [7, 11) is 0. The lowest BCUT2D eigenvalue weighted by Gasteiger charge is -2.36. The van der Waals surface area contributed by atoms with Crippen molar-refractivity contribution >= 4 is 22.6 Å². The number of nitrogens with zero attached hydrogens (tertiary/aromatic N) is 2. The molecule has 3 rings (SSSR count). The van der Waals surface area contributed by atoms with E-state index in [1.165, 1.54) is 6.07 Å². The third kappa shape index (κ3) is 2.55. The number of ether oxygens (including phenoxy) is 1. The van der Waals surface area contributed by atoms with Crippen LogP contribution in [-0.4, -0.2) is 28.6 Å². The van der Waals surface area contributed by atoms with Crippen LogP contribution in [0.25, 0.3) is 11.0 Å². The van der Waals surface area contributed by atoms with Crippen molar-refractivity contribution in [3.05, 3.63) is 29.3 Å². The van der Waals surface area contributed by atoms with E-state index in [9.17, 15) is 4.39 Å². The zero-order valence-corrected chi connectivity index (χ0v) is 13.2. The Labute approximate surface area is 129 Å². The number of rotatable bonds is 3. The summed E-state index contributed by atoms with van der Waals surface area (Å²) in [5.74, 6) is 1.24. The molecule has 0 unspecified atom stereocenters. The van der Waals surface area contributed by atoms with E-state index in [-0.39, 0.29) is 11.4 Å². The van der Waals surface area contributed by atoms with Gasteiger partial charge in [-0.25, -0.2) is 9.37 Å². The van der Waals surface area contributed by atoms with Crippen LogP contribution >= 0.6 is 11.6 Å². The number of hydrogen-bond donors (Lipinski definition) is 0. The number of hydrogen-bond acceptors (Lipinski definition) is 2. The van der Waals surface area contributed by atoms with Gasteiger partial charge in [-0.3, -0.25) is 0 Å². The molecule has 114 valence electrons. The predicted octanol–water partition coefficient (Wildman–Crippen LogP) is 3.79. The smallest absolute Gasteiger partial charge is 0.128 e. The van der Waals surface area contributed by atoms with Gasteiger partial charge in [-0.15, -0.1) is 11.6 Å². The van der Waals surface area contributed by atoms with Crippen LogP contribution in [0, 0.1) is 12.7 Å². The van der Waals surface area contributed by atoms with E-state index in [0.717, 1.165) is 37.4 Å². The monoisotopic (exact) mass is 310 g/mol. The molecular weight excluding hydrogens is 291 g/mol. The third-order valence-electron chi connectivity index (χ3n) is 4.43. The van der Waals surface area contributed by atoms with E-state index in [1.54, 1.807) is 6.92 Å². The van der Waals surface area contributed by atoms with Gasteiger partial charge in [-0.1, -0.05) is 0 Å². The molecule has 3 nitrogen and oxygen atoms in total. The van der Waals surface area contributed by atoms with Gasteiger partial charge in [-0.2, -0.15) is 0 Å². The second kappa shape index (κ2) is 5.58. The van der Waals surface area contributed by atoms with Crippen LogP contribution in [0.3, 0.4) is 0 Å². The van der Waals surface area contributed by atoms with Crippen molar-refractivity contribution in [1.82, 2.24) is 9.55 Å². The number of fused-ring (bicyclic) bond motifs is 1. The summed E-state index contributed by atoms with van der Waals surface area (Å²) in [5, 5.41) is 0. The molecule has 0 spiro atoms. The van der Waals surface area contributed by atoms with E-state index in [0.29, 0.717) is 23.4 Å². The Kier molecular flexibility index (Phi) is 3.93. The van der Waals surface area contributed by atoms with E-state index >= 15 is 0 Å². The highest BCUT2D eigenvalue weighted by Crippen LogP contribution is 2.34. The molecule has 1 aromatic carbocycles. The van der Waals surface area contributed by atoms with Gasteiger partial charge in [0.05, 0.1) is 11.0 Å². The van der Waals surface area contributed by atoms with Gasteiger partial charge >= 0.3 is 0 Å². The van der Waals surface area contributed by atoms with Crippen LogP contribution in [-0.2, 0) is 16.7 Å². The normalized spacial score (nSPS) is 18.3. The lowest BCUT2D eigenvalue weighted by Crippen LogP contribution is -2.37. The summed E-state index contributed by atoms with van der Waals surface area (Å²) in [6.07, 6.45) is 2.56. The maximum atomic E-state index is 13.8. The average molecular weight is 311 g/mol. The Hall–Kier alpha value is -1.13. The first kappa shape index (κ1) is 14.8. The molecule has 1 saturated heterocycles. The Morgan fingerprint density at radius 2 is 2.10 bits per heavy atom. The Bertz CT molecular complexity index is 662. The van der Waals surface area contributed by atoms with Crippen LogP contribution in [0.1, 0.15) is 31.2 Å². The molecule has 0 atom stereocenters. The molecule has 1 aromatic heterocycles. The Balaban J connectivity index is 2.22. The summed E-state index contributed by atoms with van der Waals surface area (Å²) in [5.41, 5.74) is 2.32. The van der Waals surface area contributed by atoms with Gasteiger partial charge < -0.3 is 9.30 Å². The second-order valence-corrected chi connectivity index (χ2v) is 6.38. The molecule has 0 bridgehead atoms. The molecule has 1 fully saturated rings. The summed E-state index contributed by atoms with van der Waals surface area (Å²) < 4.78 is 21.6. The van der Waals surface area contributed by atoms with Gasteiger partial charge in [0.25, 0.3) is 0 Å². The zero-order valence-electron chi connectivity index (χ0n) is 12.5. The molecule has 0 aliphatic carbocycles. The van der Waals surface area contributed by atoms with Crippen molar-refractivity contribution in [1.29, 1.82) is 0 Å². The van der Waals surface area contributed by atoms with Crippen LogP contribution in [0.15, 0.2) is 12.1 Å². The van der Waals surface area contributed by atoms with E-state index in [4.69, 9.17) is 16.3 Å². The highest BCUT2D eigenvalue weighted by molar-refractivity contribution is 6.17. The fraction of sp³-hybridized carbons (Fsp3) is 0.562. The first-order valence-corrected chi connectivity index (χ1v) is 7.90. The molecule has 1 aliphatic rings. The Morgan fingerprint density at radius 3 is 2.76 bits per heavy atom. The van der Waals surface area contributed by atoms with Gasteiger partial charge in [0.15, 0.2) is 0 Å². The molecule has 21 heavy (non-hydrogen) atoms. The van der Waals surface area contributed by atoms with Crippen LogP contribution < -0.4 is 0 Å². The highest BCUT2D eigenvalue weighted by Gasteiger charge is 2.33. The van der Waals surface area contributed by atoms with Crippen molar-refractivity contribution < 1.29 is 9.13 Å². The molecule has 2 heterocycles. The number of alkyl halides is 1. The number of halogens is 2. The van der Waals surface area contributed by atoms with Crippen molar-refractivity contribution in [2.45, 2.75) is 38.6 Å². The van der Waals surface area contributed by atoms with Crippen LogP contribution in [0.2, 0.25) is 0 Å². The second-order valence-electron chi connectivity index (χ2n) is 6.00. The van der Waals surface area contributed by atoms with Gasteiger partial charge in [0.2, 0.25) is 0 Å². The standard InChI is InChI=1S/C16H20ClFN2O/c1-11-9-14-13(10-12(11)18)19-15(3-6-17)20(14)16(2)4-7-21-8-5-16/h9-10H,3-8H2,1-2H3. The average Bonchev–Trinajstić information content (AvgIpc) is 2.78. The lowest BCUT2D eigenvalue weighted by atomic mass is 9.91. The minimum Gasteiger partial charge on any atom is -0.381 e. The first-order valence-electron chi connectivity index (χ1n) is 7.37. The van der Waals surface area contributed by atoms with Crippen molar-refractivity contribution in [3.8, 4) is 0 Å².